The van der Waals surface area contributed by atoms with Gasteiger partial charge in [-0.1, -0.05) is 24.6 Å². The van der Waals surface area contributed by atoms with E-state index in [1.807, 2.05) is 28.3 Å². The number of piperidine rings is 5. The monoisotopic (exact) mass is 978 g/mol. The van der Waals surface area contributed by atoms with Crippen LogP contribution in [0.5, 0.6) is 0 Å². The van der Waals surface area contributed by atoms with Crippen molar-refractivity contribution in [1.82, 2.24) is 39.5 Å². The zero-order chi connectivity index (χ0) is 49.3. The topological polar surface area (TPSA) is 169 Å². The van der Waals surface area contributed by atoms with Crippen LogP contribution < -0.4 is 20.4 Å². The Morgan fingerprint density at radius 1 is 0.806 bits per heavy atom. The molecule has 16 heteroatoms. The zero-order valence-corrected chi connectivity index (χ0v) is 42.2. The zero-order valence-electron chi connectivity index (χ0n) is 42.2. The van der Waals surface area contributed by atoms with E-state index in [9.17, 15) is 19.2 Å². The van der Waals surface area contributed by atoms with E-state index >= 15 is 4.79 Å². The van der Waals surface area contributed by atoms with Gasteiger partial charge in [-0.25, -0.2) is 15.0 Å². The smallest absolute Gasteiger partial charge is 0.238 e. The summed E-state index contributed by atoms with van der Waals surface area (Å²) in [6.07, 6.45) is 17.5. The third-order valence-electron chi connectivity index (χ3n) is 18.0. The number of anilines is 3. The van der Waals surface area contributed by atoms with Crippen LogP contribution >= 0.6 is 0 Å². The summed E-state index contributed by atoms with van der Waals surface area (Å²) in [5, 5.41) is 6.14. The van der Waals surface area contributed by atoms with Gasteiger partial charge in [-0.2, -0.15) is 0 Å². The fourth-order valence-corrected chi connectivity index (χ4v) is 13.4. The number of hydrogen-bond donors (Lipinski definition) is 2. The summed E-state index contributed by atoms with van der Waals surface area (Å²) in [7, 11) is 0. The van der Waals surface area contributed by atoms with Gasteiger partial charge in [-0.05, 0) is 146 Å². The van der Waals surface area contributed by atoms with Gasteiger partial charge < -0.3 is 34.4 Å². The van der Waals surface area contributed by atoms with Crippen LogP contribution in [0.4, 0.5) is 17.3 Å². The maximum atomic E-state index is 15.2. The number of likely N-dealkylation sites (tertiary alicyclic amines) is 3. The van der Waals surface area contributed by atoms with Crippen LogP contribution in [0.1, 0.15) is 140 Å². The lowest BCUT2D eigenvalue weighted by atomic mass is 9.73. The van der Waals surface area contributed by atoms with Gasteiger partial charge in [0.2, 0.25) is 29.5 Å². The molecule has 0 bridgehead atoms. The maximum absolute atomic E-state index is 15.2. The predicted octanol–water partition coefficient (Wildman–Crippen LogP) is 6.94. The molecule has 2 N–H and O–H groups in total. The molecule has 12 rings (SSSR count). The van der Waals surface area contributed by atoms with Crippen LogP contribution in [0, 0.1) is 11.8 Å². The van der Waals surface area contributed by atoms with Gasteiger partial charge in [0, 0.05) is 99.6 Å². The Labute approximate surface area is 422 Å². The Morgan fingerprint density at radius 3 is 2.26 bits per heavy atom. The van der Waals surface area contributed by atoms with Crippen LogP contribution in [0.3, 0.4) is 0 Å². The van der Waals surface area contributed by atoms with E-state index < -0.39 is 5.41 Å². The maximum Gasteiger partial charge on any atom is 0.238 e. The Hall–Kier alpha value is -5.90. The number of rotatable bonds is 11. The number of carbonyl (C=O) groups excluding carboxylic acids is 5. The van der Waals surface area contributed by atoms with Crippen molar-refractivity contribution < 1.29 is 24.0 Å². The summed E-state index contributed by atoms with van der Waals surface area (Å²) in [4.78, 5) is 92.9. The van der Waals surface area contributed by atoms with Gasteiger partial charge in [-0.3, -0.25) is 29.3 Å². The molecule has 1 spiro atoms. The number of aromatic nitrogens is 4. The van der Waals surface area contributed by atoms with Crippen molar-refractivity contribution in [1.29, 1.82) is 0 Å². The first-order valence-corrected chi connectivity index (χ1v) is 27.5. The number of nitrogens with zero attached hydrogens (tertiary/aromatic N) is 9. The molecule has 9 heterocycles. The number of amides is 5. The fraction of sp³-hybridized carbons (Fsp3) is 0.607. The summed E-state index contributed by atoms with van der Waals surface area (Å²) in [5.41, 5.74) is 6.07. The standard InChI is InChI=1S/C56H71N11O5/c1-35(2)66-34-58-46-32-45(60-52(51(46)66)59-40-8-9-40)38-6-11-44-47(29-38)67(42-30-41(31-42)62-20-4-3-5-21-62)55(72)56(44)18-26-65(27-19-56)54(71)37-16-24-64(25-17-37)50(69)28-36-14-22-63(23-15-36)48-12-7-39(33-57-48)43-10-13-49(68)61-53(43)70/h6-7,11-12,29,32-37,40-43H,3-5,8-10,13-28,30-31H2,1-2H3,(H,59,60)(H,61,68,70)/t41-,42+,43?. The molecule has 2 saturated carbocycles. The van der Waals surface area contributed by atoms with Crippen LogP contribution in [0.25, 0.3) is 22.3 Å². The second-order valence-electron chi connectivity index (χ2n) is 22.8. The molecule has 4 aromatic rings. The van der Waals surface area contributed by atoms with Crippen LogP contribution in [-0.4, -0.2) is 134 Å². The minimum Gasteiger partial charge on any atom is -0.366 e. The summed E-state index contributed by atoms with van der Waals surface area (Å²) >= 11 is 0. The number of pyridine rings is 2. The molecule has 1 aromatic carbocycles. The highest BCUT2D eigenvalue weighted by molar-refractivity contribution is 6.09. The highest BCUT2D eigenvalue weighted by Gasteiger charge is 2.56. The van der Waals surface area contributed by atoms with Gasteiger partial charge in [0.15, 0.2) is 5.82 Å². The van der Waals surface area contributed by atoms with E-state index in [2.05, 4.69) is 73.0 Å². The average Bonchev–Trinajstić information content (AvgIpc) is 4.05. The molecule has 1 atom stereocenters. The van der Waals surface area contributed by atoms with E-state index in [1.165, 1.54) is 19.3 Å². The Bertz CT molecular complexity index is 2730. The summed E-state index contributed by atoms with van der Waals surface area (Å²) in [6.45, 7) is 10.6. The van der Waals surface area contributed by atoms with Gasteiger partial charge in [0.1, 0.15) is 11.3 Å². The minimum atomic E-state index is -0.669. The number of imide groups is 1. The van der Waals surface area contributed by atoms with Crippen molar-refractivity contribution in [2.75, 3.05) is 67.5 Å². The number of imidazole rings is 1. The summed E-state index contributed by atoms with van der Waals surface area (Å²) in [6, 6.07) is 13.9. The van der Waals surface area contributed by atoms with E-state index in [4.69, 9.17) is 9.97 Å². The fourth-order valence-electron chi connectivity index (χ4n) is 13.4. The molecule has 1 unspecified atom stereocenters. The van der Waals surface area contributed by atoms with Crippen molar-refractivity contribution >= 4 is 57.9 Å². The van der Waals surface area contributed by atoms with Crippen molar-refractivity contribution in [3.8, 4) is 11.3 Å². The number of fused-ring (bicyclic) bond motifs is 3. The largest absolute Gasteiger partial charge is 0.366 e. The molecule has 8 aliphatic rings. The second kappa shape index (κ2) is 19.2. The lowest BCUT2D eigenvalue weighted by molar-refractivity contribution is -0.143. The van der Waals surface area contributed by atoms with Crippen LogP contribution in [0.15, 0.2) is 48.9 Å². The molecule has 6 aliphatic heterocycles. The Balaban J connectivity index is 0.679. The first-order chi connectivity index (χ1) is 35.0. The molecule has 2 aliphatic carbocycles. The van der Waals surface area contributed by atoms with Crippen molar-refractivity contribution in [3.05, 3.63) is 60.0 Å². The van der Waals surface area contributed by atoms with Gasteiger partial charge >= 0.3 is 0 Å². The van der Waals surface area contributed by atoms with E-state index in [1.54, 1.807) is 6.20 Å². The lowest BCUT2D eigenvalue weighted by Gasteiger charge is -2.48. The molecule has 5 amide bonds. The van der Waals surface area contributed by atoms with Crippen molar-refractivity contribution in [3.63, 3.8) is 0 Å². The lowest BCUT2D eigenvalue weighted by Crippen LogP contribution is -2.58. The molecule has 380 valence electrons. The molecular weight excluding hydrogens is 907 g/mol. The van der Waals surface area contributed by atoms with Crippen molar-refractivity contribution in [2.45, 2.75) is 152 Å². The van der Waals surface area contributed by atoms with E-state index in [0.29, 0.717) is 89.1 Å². The van der Waals surface area contributed by atoms with Gasteiger partial charge in [-0.15, -0.1) is 0 Å². The molecule has 0 radical (unpaired) electrons. The van der Waals surface area contributed by atoms with Crippen LogP contribution in [-0.2, 0) is 29.4 Å². The highest BCUT2D eigenvalue weighted by atomic mass is 16.2. The number of benzene rings is 1. The number of nitrogens with one attached hydrogen (secondary N) is 2. The first-order valence-electron chi connectivity index (χ1n) is 27.5. The summed E-state index contributed by atoms with van der Waals surface area (Å²) in [5.74, 6) is 1.64. The van der Waals surface area contributed by atoms with Crippen LogP contribution in [0.2, 0.25) is 0 Å². The SMILES string of the molecule is CC(C)n1cnc2cc(-c3ccc4c(c3)N([C@H]3C[C@@H](N5CCCCC5)C3)C(=O)C43CCN(C(=O)C4CCN(C(=O)CC5CCN(c6ccc(C7CCC(=O)NC7=O)cn6)CC5)CC4)CC3)nc(NC3CC3)c21. The average molecular weight is 978 g/mol. The normalized spacial score (nSPS) is 25.3. The molecular formula is C56H71N11O5. The third kappa shape index (κ3) is 8.82. The van der Waals surface area contributed by atoms with Gasteiger partial charge in [0.25, 0.3) is 0 Å². The highest BCUT2D eigenvalue weighted by Crippen LogP contribution is 2.52. The molecule has 72 heavy (non-hydrogen) atoms. The van der Waals surface area contributed by atoms with E-state index in [-0.39, 0.29) is 53.5 Å². The molecule has 7 fully saturated rings. The third-order valence-corrected chi connectivity index (χ3v) is 18.0. The minimum absolute atomic E-state index is 0.122. The second-order valence-corrected chi connectivity index (χ2v) is 22.8. The van der Waals surface area contributed by atoms with Gasteiger partial charge in [0.05, 0.1) is 28.9 Å². The molecule has 16 nitrogen and oxygen atoms in total. The molecule has 5 saturated heterocycles. The Morgan fingerprint density at radius 2 is 1.57 bits per heavy atom. The number of carbonyl (C=O) groups is 5. The summed E-state index contributed by atoms with van der Waals surface area (Å²) < 4.78 is 2.20. The predicted molar refractivity (Wildman–Crippen MR) is 275 cm³/mol. The first kappa shape index (κ1) is 47.1. The van der Waals surface area contributed by atoms with Crippen molar-refractivity contribution in [2.24, 2.45) is 11.8 Å². The Kier molecular flexibility index (Phi) is 12.6. The molecule has 3 aromatic heterocycles. The number of hydrogen-bond acceptors (Lipinski definition) is 11. The van der Waals surface area contributed by atoms with E-state index in [0.717, 1.165) is 115 Å². The quantitative estimate of drug-likeness (QED) is 0.150.